The van der Waals surface area contributed by atoms with E-state index in [0.717, 1.165) is 12.1 Å². The van der Waals surface area contributed by atoms with E-state index in [1.54, 1.807) is 16.9 Å². The Bertz CT molecular complexity index is 804. The zero-order valence-corrected chi connectivity index (χ0v) is 15.1. The molecule has 0 aliphatic carbocycles. The largest absolute Gasteiger partial charge is 0.478 e. The summed E-state index contributed by atoms with van der Waals surface area (Å²) in [5.41, 5.74) is 0.881. The van der Waals surface area contributed by atoms with E-state index < -0.39 is 10.0 Å². The number of sulfonamides is 1. The van der Waals surface area contributed by atoms with E-state index in [1.807, 2.05) is 20.0 Å². The van der Waals surface area contributed by atoms with E-state index in [9.17, 15) is 8.42 Å². The van der Waals surface area contributed by atoms with Crippen LogP contribution in [-0.4, -0.2) is 53.8 Å². The summed E-state index contributed by atoms with van der Waals surface area (Å²) in [5.74, 6) is 0.410. The number of aryl methyl sites for hydroxylation is 1. The molecular weight excluding hydrogens is 344 g/mol. The van der Waals surface area contributed by atoms with Crippen molar-refractivity contribution in [2.24, 2.45) is 0 Å². The van der Waals surface area contributed by atoms with Crippen molar-refractivity contribution in [2.45, 2.75) is 31.4 Å². The van der Waals surface area contributed by atoms with Gasteiger partial charge >= 0.3 is 0 Å². The molecule has 0 radical (unpaired) electrons. The fourth-order valence-corrected chi connectivity index (χ4v) is 4.04. The molecule has 25 heavy (non-hydrogen) atoms. The van der Waals surface area contributed by atoms with Crippen LogP contribution < -0.4 is 4.74 Å². The van der Waals surface area contributed by atoms with Crippen LogP contribution in [0.15, 0.2) is 35.6 Å². The highest BCUT2D eigenvalue weighted by atomic mass is 32.2. The van der Waals surface area contributed by atoms with Gasteiger partial charge in [-0.3, -0.25) is 4.68 Å². The van der Waals surface area contributed by atoms with Gasteiger partial charge < -0.3 is 9.47 Å². The highest BCUT2D eigenvalue weighted by Gasteiger charge is 2.32. The van der Waals surface area contributed by atoms with Crippen molar-refractivity contribution in [2.75, 3.05) is 26.3 Å². The molecule has 0 N–H and O–H groups in total. The quantitative estimate of drug-likeness (QED) is 0.769. The highest BCUT2D eigenvalue weighted by Crippen LogP contribution is 2.26. The number of rotatable bonds is 6. The minimum absolute atomic E-state index is 0.154. The van der Waals surface area contributed by atoms with Gasteiger partial charge in [0, 0.05) is 37.5 Å². The predicted octanol–water partition coefficient (Wildman–Crippen LogP) is 1.46. The smallest absolute Gasteiger partial charge is 0.244 e. The second-order valence-electron chi connectivity index (χ2n) is 5.62. The first-order valence-electron chi connectivity index (χ1n) is 8.27. The van der Waals surface area contributed by atoms with Gasteiger partial charge in [0.2, 0.25) is 15.9 Å². The summed E-state index contributed by atoms with van der Waals surface area (Å²) in [5, 5.41) is 4.23. The number of pyridine rings is 1. The van der Waals surface area contributed by atoms with Gasteiger partial charge in [0.15, 0.2) is 0 Å². The van der Waals surface area contributed by atoms with Gasteiger partial charge in [-0.05, 0) is 19.9 Å². The van der Waals surface area contributed by atoms with Crippen LogP contribution in [0.25, 0.3) is 0 Å². The summed E-state index contributed by atoms with van der Waals surface area (Å²) in [6.45, 7) is 5.99. The molecule has 9 heteroatoms. The van der Waals surface area contributed by atoms with Crippen molar-refractivity contribution in [3.63, 3.8) is 0 Å². The summed E-state index contributed by atoms with van der Waals surface area (Å²) in [7, 11) is -3.63. The standard InChI is InChI=1S/C16H22N4O4S/c1-3-19-11-13(9-18-19)15-12-20(7-8-24-15)25(21,22)14-5-6-16(17-10-14)23-4-2/h5-6,9-11,15H,3-4,7-8,12H2,1-2H3. The van der Waals surface area contributed by atoms with E-state index in [-0.39, 0.29) is 17.5 Å². The van der Waals surface area contributed by atoms with Gasteiger partial charge in [-0.1, -0.05) is 0 Å². The molecule has 0 bridgehead atoms. The third-order valence-corrected chi connectivity index (χ3v) is 5.87. The molecule has 0 saturated carbocycles. The Kier molecular flexibility index (Phi) is 5.36. The van der Waals surface area contributed by atoms with Crippen LogP contribution in [0.4, 0.5) is 0 Å². The Morgan fingerprint density at radius 3 is 2.80 bits per heavy atom. The average Bonchev–Trinajstić information content (AvgIpc) is 3.12. The fraction of sp³-hybridized carbons (Fsp3) is 0.500. The van der Waals surface area contributed by atoms with Crippen molar-refractivity contribution < 1.29 is 17.9 Å². The second-order valence-corrected chi connectivity index (χ2v) is 7.55. The predicted molar refractivity (Wildman–Crippen MR) is 90.8 cm³/mol. The maximum absolute atomic E-state index is 12.9. The molecular formula is C16H22N4O4S. The lowest BCUT2D eigenvalue weighted by molar-refractivity contribution is -0.00261. The molecule has 8 nitrogen and oxygen atoms in total. The van der Waals surface area contributed by atoms with Crippen LogP contribution in [0, 0.1) is 0 Å². The Labute approximate surface area is 147 Å². The van der Waals surface area contributed by atoms with E-state index in [4.69, 9.17) is 9.47 Å². The summed E-state index contributed by atoms with van der Waals surface area (Å²) < 4.78 is 40.0. The molecule has 0 amide bonds. The molecule has 2 aromatic rings. The first-order chi connectivity index (χ1) is 12.0. The lowest BCUT2D eigenvalue weighted by Crippen LogP contribution is -2.42. The topological polar surface area (TPSA) is 86.5 Å². The maximum Gasteiger partial charge on any atom is 0.244 e. The van der Waals surface area contributed by atoms with Crippen molar-refractivity contribution in [3.05, 3.63) is 36.3 Å². The van der Waals surface area contributed by atoms with E-state index in [2.05, 4.69) is 10.1 Å². The average molecular weight is 366 g/mol. The van der Waals surface area contributed by atoms with E-state index in [0.29, 0.717) is 25.6 Å². The SMILES string of the molecule is CCOc1ccc(S(=O)(=O)N2CCOC(c3cnn(CC)c3)C2)cn1. The monoisotopic (exact) mass is 366 g/mol. The van der Waals surface area contributed by atoms with E-state index in [1.165, 1.54) is 16.6 Å². The molecule has 1 aliphatic heterocycles. The van der Waals surface area contributed by atoms with Crippen LogP contribution in [0.5, 0.6) is 5.88 Å². The van der Waals surface area contributed by atoms with Gasteiger partial charge in [-0.2, -0.15) is 9.40 Å². The zero-order valence-electron chi connectivity index (χ0n) is 14.3. The van der Waals surface area contributed by atoms with Crippen molar-refractivity contribution in [3.8, 4) is 5.88 Å². The number of ether oxygens (including phenoxy) is 2. The van der Waals surface area contributed by atoms with Gasteiger partial charge in [0.05, 0.1) is 31.7 Å². The van der Waals surface area contributed by atoms with Crippen LogP contribution in [0.1, 0.15) is 25.5 Å². The molecule has 1 aliphatic rings. The van der Waals surface area contributed by atoms with Crippen LogP contribution in [-0.2, 0) is 21.3 Å². The zero-order chi connectivity index (χ0) is 17.9. The van der Waals surface area contributed by atoms with Gasteiger partial charge in [-0.25, -0.2) is 13.4 Å². The fourth-order valence-electron chi connectivity index (χ4n) is 2.67. The molecule has 3 heterocycles. The first-order valence-corrected chi connectivity index (χ1v) is 9.71. The number of hydrogen-bond acceptors (Lipinski definition) is 6. The van der Waals surface area contributed by atoms with Gasteiger partial charge in [0.1, 0.15) is 4.90 Å². The lowest BCUT2D eigenvalue weighted by Gasteiger charge is -2.31. The molecule has 1 unspecified atom stereocenters. The molecule has 0 aromatic carbocycles. The highest BCUT2D eigenvalue weighted by molar-refractivity contribution is 7.89. The molecule has 3 rings (SSSR count). The maximum atomic E-state index is 12.9. The third kappa shape index (κ3) is 3.83. The van der Waals surface area contributed by atoms with Gasteiger partial charge in [0.25, 0.3) is 0 Å². The summed E-state index contributed by atoms with van der Waals surface area (Å²) in [4.78, 5) is 4.20. The first kappa shape index (κ1) is 17.8. The van der Waals surface area contributed by atoms with Crippen molar-refractivity contribution in [1.82, 2.24) is 19.1 Å². The summed E-state index contributed by atoms with van der Waals surface area (Å²) >= 11 is 0. The second kappa shape index (κ2) is 7.51. The summed E-state index contributed by atoms with van der Waals surface area (Å²) in [6, 6.07) is 3.09. The van der Waals surface area contributed by atoms with Gasteiger partial charge in [-0.15, -0.1) is 0 Å². The van der Waals surface area contributed by atoms with Crippen molar-refractivity contribution in [1.29, 1.82) is 0 Å². The minimum atomic E-state index is -3.63. The Morgan fingerprint density at radius 1 is 1.32 bits per heavy atom. The Hall–Kier alpha value is -1.97. The van der Waals surface area contributed by atoms with Crippen LogP contribution in [0.2, 0.25) is 0 Å². The Balaban J connectivity index is 1.77. The third-order valence-electron chi connectivity index (χ3n) is 4.02. The number of aromatic nitrogens is 3. The van der Waals surface area contributed by atoms with Crippen LogP contribution >= 0.6 is 0 Å². The molecule has 1 atom stereocenters. The molecule has 2 aromatic heterocycles. The van der Waals surface area contributed by atoms with Crippen molar-refractivity contribution >= 4 is 10.0 Å². The molecule has 136 valence electrons. The Morgan fingerprint density at radius 2 is 2.16 bits per heavy atom. The van der Waals surface area contributed by atoms with E-state index >= 15 is 0 Å². The normalized spacial score (nSPS) is 19.0. The minimum Gasteiger partial charge on any atom is -0.478 e. The number of hydrogen-bond donors (Lipinski definition) is 0. The number of morpholine rings is 1. The lowest BCUT2D eigenvalue weighted by atomic mass is 10.2. The number of nitrogens with zero attached hydrogens (tertiary/aromatic N) is 4. The summed E-state index contributed by atoms with van der Waals surface area (Å²) in [6.07, 6.45) is 4.63. The molecule has 1 saturated heterocycles. The molecule has 0 spiro atoms. The molecule has 1 fully saturated rings. The van der Waals surface area contributed by atoms with Crippen LogP contribution in [0.3, 0.4) is 0 Å².